The number of aromatic nitrogens is 2. The molecule has 21 heavy (non-hydrogen) atoms. The Morgan fingerprint density at radius 3 is 2.67 bits per heavy atom. The summed E-state index contributed by atoms with van der Waals surface area (Å²) in [6.45, 7) is 0. The zero-order valence-corrected chi connectivity index (χ0v) is 13.1. The highest BCUT2D eigenvalue weighted by Crippen LogP contribution is 2.35. The van der Waals surface area contributed by atoms with Crippen molar-refractivity contribution in [1.29, 1.82) is 0 Å². The molecule has 1 aromatic carbocycles. The Balaban J connectivity index is 1.70. The maximum absolute atomic E-state index is 5.44. The van der Waals surface area contributed by atoms with E-state index in [0.29, 0.717) is 11.5 Å². The number of halogens is 1. The van der Waals surface area contributed by atoms with E-state index in [9.17, 15) is 0 Å². The van der Waals surface area contributed by atoms with E-state index in [1.165, 1.54) is 12.5 Å². The predicted octanol–water partition coefficient (Wildman–Crippen LogP) is 4.81. The van der Waals surface area contributed by atoms with Gasteiger partial charge in [-0.05, 0) is 46.3 Å². The van der Waals surface area contributed by atoms with Gasteiger partial charge in [-0.25, -0.2) is 0 Å². The Bertz CT molecular complexity index is 838. The molecule has 104 valence electrons. The van der Waals surface area contributed by atoms with Crippen molar-refractivity contribution < 1.29 is 9.47 Å². The lowest BCUT2D eigenvalue weighted by atomic mass is 10.1. The van der Waals surface area contributed by atoms with Gasteiger partial charge < -0.3 is 9.47 Å². The lowest BCUT2D eigenvalue weighted by Gasteiger charge is -2.12. The average Bonchev–Trinajstić information content (AvgIpc) is 3.15. The summed E-state index contributed by atoms with van der Waals surface area (Å²) in [6.07, 6.45) is 3.04. The monoisotopic (exact) mass is 360 g/mol. The third-order valence-corrected chi connectivity index (χ3v) is 4.65. The highest BCUT2D eigenvalue weighted by molar-refractivity contribution is 9.11. The lowest BCUT2D eigenvalue weighted by molar-refractivity contribution is 0.362. The van der Waals surface area contributed by atoms with Crippen molar-refractivity contribution >= 4 is 27.3 Å². The van der Waals surface area contributed by atoms with Crippen LogP contribution in [-0.4, -0.2) is 10.2 Å². The second kappa shape index (κ2) is 5.05. The van der Waals surface area contributed by atoms with E-state index in [-0.39, 0.29) is 0 Å². The summed E-state index contributed by atoms with van der Waals surface area (Å²) in [4.78, 5) is 0. The average molecular weight is 361 g/mol. The van der Waals surface area contributed by atoms with E-state index in [1.807, 2.05) is 24.3 Å². The van der Waals surface area contributed by atoms with Gasteiger partial charge in [0.15, 0.2) is 11.5 Å². The number of ether oxygens (including phenoxy) is 2. The minimum atomic E-state index is 0.699. The molecule has 4 nitrogen and oxygen atoms in total. The molecule has 0 saturated carbocycles. The van der Waals surface area contributed by atoms with Crippen LogP contribution in [0.2, 0.25) is 0 Å². The normalized spacial score (nSPS) is 12.6. The second-order valence-corrected chi connectivity index (χ2v) is 6.77. The van der Waals surface area contributed by atoms with Crippen LogP contribution in [0.3, 0.4) is 0 Å². The number of aromatic amines is 1. The molecule has 1 aliphatic heterocycles. The molecule has 0 atom stereocenters. The molecule has 0 saturated heterocycles. The molecule has 1 N–H and O–H groups in total. The van der Waals surface area contributed by atoms with Crippen molar-refractivity contribution in [2.75, 3.05) is 0 Å². The molecule has 6 heteroatoms. The van der Waals surface area contributed by atoms with E-state index in [2.05, 4.69) is 37.6 Å². The largest absolute Gasteiger partial charge is 0.458 e. The van der Waals surface area contributed by atoms with Gasteiger partial charge in [-0.15, -0.1) is 11.3 Å². The van der Waals surface area contributed by atoms with Crippen LogP contribution in [0.1, 0.15) is 0 Å². The fourth-order valence-electron chi connectivity index (χ4n) is 2.13. The molecule has 3 heterocycles. The van der Waals surface area contributed by atoms with Crippen LogP contribution >= 0.6 is 27.3 Å². The summed E-state index contributed by atoms with van der Waals surface area (Å²) in [5.41, 5.74) is 3.95. The number of H-pyrrole nitrogens is 1. The molecule has 3 aromatic rings. The van der Waals surface area contributed by atoms with Crippen molar-refractivity contribution in [2.24, 2.45) is 0 Å². The summed E-state index contributed by atoms with van der Waals surface area (Å²) in [5, 5.41) is 9.49. The molecule has 0 spiro atoms. The third-order valence-electron chi connectivity index (χ3n) is 3.14. The minimum absolute atomic E-state index is 0.699. The maximum Gasteiger partial charge on any atom is 0.169 e. The third kappa shape index (κ3) is 2.36. The van der Waals surface area contributed by atoms with Crippen LogP contribution in [0.15, 0.2) is 52.0 Å². The smallest absolute Gasteiger partial charge is 0.169 e. The van der Waals surface area contributed by atoms with Gasteiger partial charge in [-0.3, -0.25) is 5.10 Å². The number of nitrogens with one attached hydrogen (secondary N) is 1. The van der Waals surface area contributed by atoms with E-state index < -0.39 is 0 Å². The van der Waals surface area contributed by atoms with Gasteiger partial charge in [-0.1, -0.05) is 0 Å². The minimum Gasteiger partial charge on any atom is -0.458 e. The van der Waals surface area contributed by atoms with Crippen molar-refractivity contribution in [1.82, 2.24) is 10.2 Å². The zero-order valence-electron chi connectivity index (χ0n) is 10.7. The van der Waals surface area contributed by atoms with Crippen LogP contribution in [0.5, 0.6) is 11.5 Å². The summed E-state index contributed by atoms with van der Waals surface area (Å²) >= 11 is 5.11. The van der Waals surface area contributed by atoms with Crippen LogP contribution in [0, 0.1) is 0 Å². The Labute approximate surface area is 133 Å². The van der Waals surface area contributed by atoms with Gasteiger partial charge in [-0.2, -0.15) is 5.10 Å². The molecular weight excluding hydrogens is 352 g/mol. The molecule has 0 amide bonds. The summed E-state index contributed by atoms with van der Waals surface area (Å²) in [7, 11) is 0. The van der Waals surface area contributed by atoms with E-state index in [4.69, 9.17) is 9.47 Å². The first-order chi connectivity index (χ1) is 10.3. The lowest BCUT2D eigenvalue weighted by Crippen LogP contribution is -1.96. The standard InChI is InChI=1S/C15H9BrN2O2S/c16-15-6-10(8-21-15)12-7-11(17-18-12)9-1-2-13-14(5-9)20-4-3-19-13/h1-8H,(H,17,18). The van der Waals surface area contributed by atoms with Crippen LogP contribution in [0.4, 0.5) is 0 Å². The Morgan fingerprint density at radius 2 is 1.86 bits per heavy atom. The highest BCUT2D eigenvalue weighted by Gasteiger charge is 2.12. The predicted molar refractivity (Wildman–Crippen MR) is 85.4 cm³/mol. The van der Waals surface area contributed by atoms with Gasteiger partial charge >= 0.3 is 0 Å². The number of nitrogens with zero attached hydrogens (tertiary/aromatic N) is 1. The van der Waals surface area contributed by atoms with Crippen LogP contribution in [-0.2, 0) is 0 Å². The topological polar surface area (TPSA) is 47.1 Å². The molecular formula is C15H9BrN2O2S. The molecule has 0 radical (unpaired) electrons. The number of thiophene rings is 1. The second-order valence-electron chi connectivity index (χ2n) is 4.48. The van der Waals surface area contributed by atoms with Crippen molar-refractivity contribution in [3.05, 3.63) is 52.0 Å². The summed E-state index contributed by atoms with van der Waals surface area (Å²) in [6, 6.07) is 9.87. The molecule has 0 unspecified atom stereocenters. The summed E-state index contributed by atoms with van der Waals surface area (Å²) < 4.78 is 11.9. The van der Waals surface area contributed by atoms with E-state index >= 15 is 0 Å². The number of rotatable bonds is 2. The first-order valence-electron chi connectivity index (χ1n) is 6.22. The number of fused-ring (bicyclic) bond motifs is 1. The Hall–Kier alpha value is -2.05. The van der Waals surface area contributed by atoms with E-state index in [1.54, 1.807) is 11.3 Å². The van der Waals surface area contributed by atoms with Crippen molar-refractivity contribution in [3.8, 4) is 34.0 Å². The van der Waals surface area contributed by atoms with Crippen LogP contribution in [0.25, 0.3) is 22.5 Å². The molecule has 0 aliphatic carbocycles. The molecule has 4 rings (SSSR count). The molecule has 2 aromatic heterocycles. The number of hydrogen-bond donors (Lipinski definition) is 1. The van der Waals surface area contributed by atoms with E-state index in [0.717, 1.165) is 26.3 Å². The van der Waals surface area contributed by atoms with Gasteiger partial charge in [0.2, 0.25) is 0 Å². The first kappa shape index (κ1) is 12.7. The molecule has 1 aliphatic rings. The fourth-order valence-corrected chi connectivity index (χ4v) is 3.28. The highest BCUT2D eigenvalue weighted by atomic mass is 79.9. The molecule has 0 bridgehead atoms. The Kier molecular flexibility index (Phi) is 3.05. The fraction of sp³-hybridized carbons (Fsp3) is 0. The zero-order chi connectivity index (χ0) is 14.2. The van der Waals surface area contributed by atoms with Gasteiger partial charge in [0, 0.05) is 16.5 Å². The summed E-state index contributed by atoms with van der Waals surface area (Å²) in [5.74, 6) is 1.41. The number of hydrogen-bond acceptors (Lipinski definition) is 4. The van der Waals surface area contributed by atoms with Crippen LogP contribution < -0.4 is 9.47 Å². The quantitative estimate of drug-likeness (QED) is 0.713. The number of benzene rings is 1. The van der Waals surface area contributed by atoms with Gasteiger partial charge in [0.25, 0.3) is 0 Å². The van der Waals surface area contributed by atoms with Gasteiger partial charge in [0.1, 0.15) is 12.5 Å². The molecule has 0 fully saturated rings. The maximum atomic E-state index is 5.44. The first-order valence-corrected chi connectivity index (χ1v) is 7.89. The SMILES string of the molecule is Brc1cc(-c2cc(-c3ccc4c(c3)OC=CO4)[nH]n2)cs1. The Morgan fingerprint density at radius 1 is 1.00 bits per heavy atom. The van der Waals surface area contributed by atoms with Crippen molar-refractivity contribution in [2.45, 2.75) is 0 Å². The van der Waals surface area contributed by atoms with Gasteiger partial charge in [0.05, 0.1) is 15.2 Å². The van der Waals surface area contributed by atoms with Crippen molar-refractivity contribution in [3.63, 3.8) is 0 Å².